The number of amides is 1. The van der Waals surface area contributed by atoms with Gasteiger partial charge in [-0.1, -0.05) is 13.5 Å². The first kappa shape index (κ1) is 15.7. The van der Waals surface area contributed by atoms with Gasteiger partial charge in [-0.2, -0.15) is 4.31 Å². The highest BCUT2D eigenvalue weighted by Gasteiger charge is 2.28. The summed E-state index contributed by atoms with van der Waals surface area (Å²) in [5.41, 5.74) is 0.547. The Morgan fingerprint density at radius 2 is 2.05 bits per heavy atom. The van der Waals surface area contributed by atoms with Crippen molar-refractivity contribution in [3.63, 3.8) is 0 Å². The molecular weight excluding hydrogens is 288 g/mol. The number of hydrogen-bond donors (Lipinski definition) is 1. The maximum absolute atomic E-state index is 12.5. The molecule has 2 rings (SSSR count). The molecule has 0 bridgehead atoms. The lowest BCUT2D eigenvalue weighted by Crippen LogP contribution is -2.39. The van der Waals surface area contributed by atoms with Gasteiger partial charge in [-0.15, -0.1) is 0 Å². The van der Waals surface area contributed by atoms with Gasteiger partial charge in [-0.3, -0.25) is 4.79 Å². The normalized spacial score (nSPS) is 20.0. The molecule has 5 nitrogen and oxygen atoms in total. The van der Waals surface area contributed by atoms with Gasteiger partial charge in [-0.25, -0.2) is 8.42 Å². The van der Waals surface area contributed by atoms with Crippen molar-refractivity contribution in [2.45, 2.75) is 24.7 Å². The average Bonchev–Trinajstić information content (AvgIpc) is 2.47. The lowest BCUT2D eigenvalue weighted by atomic mass is 10.0. The molecule has 114 valence electrons. The standard InChI is InChI=1S/C15H20N2O3S/c1-3-15(18)16-13-6-8-14(9-7-13)21(19,20)17-10-4-5-12(2)11-17/h3,6-9,12H,1,4-5,10-11H2,2H3,(H,16,18). The van der Waals surface area contributed by atoms with E-state index in [9.17, 15) is 13.2 Å². The van der Waals surface area contributed by atoms with Crippen LogP contribution < -0.4 is 5.32 Å². The molecule has 1 aromatic rings. The number of rotatable bonds is 4. The molecule has 0 radical (unpaired) electrons. The second-order valence-electron chi connectivity index (χ2n) is 5.33. The van der Waals surface area contributed by atoms with Crippen LogP contribution in [0.5, 0.6) is 0 Å². The number of nitrogens with zero attached hydrogens (tertiary/aromatic N) is 1. The summed E-state index contributed by atoms with van der Waals surface area (Å²) in [6.07, 6.45) is 3.13. The molecule has 0 aliphatic carbocycles. The lowest BCUT2D eigenvalue weighted by molar-refractivity contribution is -0.111. The summed E-state index contributed by atoms with van der Waals surface area (Å²) in [4.78, 5) is 11.4. The van der Waals surface area contributed by atoms with E-state index in [-0.39, 0.29) is 10.8 Å². The fraction of sp³-hybridized carbons (Fsp3) is 0.400. The minimum Gasteiger partial charge on any atom is -0.323 e. The monoisotopic (exact) mass is 308 g/mol. The van der Waals surface area contributed by atoms with Gasteiger partial charge in [0.25, 0.3) is 0 Å². The molecule has 0 spiro atoms. The molecule has 21 heavy (non-hydrogen) atoms. The zero-order chi connectivity index (χ0) is 15.5. The third kappa shape index (κ3) is 3.71. The Labute approximate surface area is 125 Å². The van der Waals surface area contributed by atoms with Crippen LogP contribution in [0.1, 0.15) is 19.8 Å². The summed E-state index contributed by atoms with van der Waals surface area (Å²) in [5, 5.41) is 2.59. The second-order valence-corrected chi connectivity index (χ2v) is 7.27. The lowest BCUT2D eigenvalue weighted by Gasteiger charge is -2.30. The molecular formula is C15H20N2O3S. The Kier molecular flexibility index (Phi) is 4.80. The molecule has 1 amide bonds. The smallest absolute Gasteiger partial charge is 0.247 e. The molecule has 1 unspecified atom stereocenters. The molecule has 1 aliphatic heterocycles. The van der Waals surface area contributed by atoms with Gasteiger partial charge < -0.3 is 5.32 Å². The number of hydrogen-bond acceptors (Lipinski definition) is 3. The number of carbonyl (C=O) groups excluding carboxylic acids is 1. The predicted octanol–water partition coefficient (Wildman–Crippen LogP) is 2.23. The molecule has 0 aromatic heterocycles. The zero-order valence-corrected chi connectivity index (χ0v) is 12.9. The van der Waals surface area contributed by atoms with Gasteiger partial charge in [0.15, 0.2) is 0 Å². The van der Waals surface area contributed by atoms with Gasteiger partial charge >= 0.3 is 0 Å². The SMILES string of the molecule is C=CC(=O)Nc1ccc(S(=O)(=O)N2CCCC(C)C2)cc1. The zero-order valence-electron chi connectivity index (χ0n) is 12.1. The third-order valence-corrected chi connectivity index (χ3v) is 5.44. The Balaban J connectivity index is 2.16. The molecule has 1 heterocycles. The van der Waals surface area contributed by atoms with E-state index in [2.05, 4.69) is 18.8 Å². The van der Waals surface area contributed by atoms with E-state index < -0.39 is 10.0 Å². The molecule has 1 aromatic carbocycles. The maximum atomic E-state index is 12.5. The van der Waals surface area contributed by atoms with Crippen LogP contribution in [0, 0.1) is 5.92 Å². The van der Waals surface area contributed by atoms with E-state index in [1.165, 1.54) is 18.2 Å². The minimum atomic E-state index is -3.45. The van der Waals surface area contributed by atoms with Crippen molar-refractivity contribution in [1.29, 1.82) is 0 Å². The Morgan fingerprint density at radius 1 is 1.38 bits per heavy atom. The van der Waals surface area contributed by atoms with Crippen molar-refractivity contribution in [2.24, 2.45) is 5.92 Å². The average molecular weight is 308 g/mol. The first-order valence-corrected chi connectivity index (χ1v) is 8.41. The summed E-state index contributed by atoms with van der Waals surface area (Å²) in [6.45, 7) is 6.57. The van der Waals surface area contributed by atoms with Crippen LogP contribution in [0.4, 0.5) is 5.69 Å². The first-order valence-electron chi connectivity index (χ1n) is 6.97. The predicted molar refractivity (Wildman–Crippen MR) is 82.4 cm³/mol. The first-order chi connectivity index (χ1) is 9.93. The maximum Gasteiger partial charge on any atom is 0.247 e. The number of carbonyl (C=O) groups is 1. The highest BCUT2D eigenvalue weighted by Crippen LogP contribution is 2.24. The fourth-order valence-electron chi connectivity index (χ4n) is 2.42. The quantitative estimate of drug-likeness (QED) is 0.867. The number of piperidine rings is 1. The van der Waals surface area contributed by atoms with Gasteiger partial charge in [0.05, 0.1) is 4.90 Å². The molecule has 0 saturated carbocycles. The Bertz CT molecular complexity index is 623. The fourth-order valence-corrected chi connectivity index (χ4v) is 4.02. The van der Waals surface area contributed by atoms with E-state index in [1.807, 2.05) is 0 Å². The van der Waals surface area contributed by atoms with Gasteiger partial charge in [0.1, 0.15) is 0 Å². The van der Waals surface area contributed by atoms with Crippen molar-refractivity contribution in [2.75, 3.05) is 18.4 Å². The van der Waals surface area contributed by atoms with Crippen molar-refractivity contribution in [3.05, 3.63) is 36.9 Å². The molecule has 6 heteroatoms. The molecule has 1 N–H and O–H groups in total. The van der Waals surface area contributed by atoms with Crippen LogP contribution in [0.15, 0.2) is 41.8 Å². The molecule has 1 fully saturated rings. The largest absolute Gasteiger partial charge is 0.323 e. The van der Waals surface area contributed by atoms with E-state index in [1.54, 1.807) is 16.4 Å². The van der Waals surface area contributed by atoms with Crippen molar-refractivity contribution < 1.29 is 13.2 Å². The van der Waals surface area contributed by atoms with Crippen LogP contribution >= 0.6 is 0 Å². The molecule has 1 atom stereocenters. The number of benzene rings is 1. The van der Waals surface area contributed by atoms with Crippen LogP contribution in [0.3, 0.4) is 0 Å². The van der Waals surface area contributed by atoms with Crippen molar-refractivity contribution in [1.82, 2.24) is 4.31 Å². The number of sulfonamides is 1. The van der Waals surface area contributed by atoms with Gasteiger partial charge in [-0.05, 0) is 49.1 Å². The van der Waals surface area contributed by atoms with E-state index in [4.69, 9.17) is 0 Å². The number of anilines is 1. The Hall–Kier alpha value is -1.66. The van der Waals surface area contributed by atoms with Gasteiger partial charge in [0, 0.05) is 18.8 Å². The van der Waals surface area contributed by atoms with Crippen LogP contribution in [0.25, 0.3) is 0 Å². The highest BCUT2D eigenvalue weighted by molar-refractivity contribution is 7.89. The van der Waals surface area contributed by atoms with E-state index in [0.717, 1.165) is 12.8 Å². The van der Waals surface area contributed by atoms with Crippen molar-refractivity contribution >= 4 is 21.6 Å². The minimum absolute atomic E-state index is 0.258. The highest BCUT2D eigenvalue weighted by atomic mass is 32.2. The van der Waals surface area contributed by atoms with Crippen molar-refractivity contribution in [3.8, 4) is 0 Å². The second kappa shape index (κ2) is 6.41. The summed E-state index contributed by atoms with van der Waals surface area (Å²) in [5.74, 6) is 0.0649. The third-order valence-electron chi connectivity index (χ3n) is 3.56. The van der Waals surface area contributed by atoms with Crippen LogP contribution in [-0.2, 0) is 14.8 Å². The topological polar surface area (TPSA) is 66.5 Å². The summed E-state index contributed by atoms with van der Waals surface area (Å²) in [7, 11) is -3.45. The van der Waals surface area contributed by atoms with E-state index in [0.29, 0.717) is 24.7 Å². The Morgan fingerprint density at radius 3 is 2.62 bits per heavy atom. The van der Waals surface area contributed by atoms with Crippen LogP contribution in [0.2, 0.25) is 0 Å². The summed E-state index contributed by atoms with van der Waals surface area (Å²) >= 11 is 0. The summed E-state index contributed by atoms with van der Waals surface area (Å²) in [6, 6.07) is 6.21. The molecule has 1 saturated heterocycles. The van der Waals surface area contributed by atoms with E-state index >= 15 is 0 Å². The summed E-state index contributed by atoms with van der Waals surface area (Å²) < 4.78 is 26.6. The van der Waals surface area contributed by atoms with Crippen LogP contribution in [-0.4, -0.2) is 31.7 Å². The van der Waals surface area contributed by atoms with Gasteiger partial charge in [0.2, 0.25) is 15.9 Å². The number of nitrogens with one attached hydrogen (secondary N) is 1. The molecule has 1 aliphatic rings.